The highest BCUT2D eigenvalue weighted by Gasteiger charge is 2.11. The van der Waals surface area contributed by atoms with Crippen molar-refractivity contribution < 1.29 is 13.6 Å². The van der Waals surface area contributed by atoms with Crippen LogP contribution in [-0.4, -0.2) is 21.2 Å². The third-order valence-corrected chi connectivity index (χ3v) is 4.69. The standard InChI is InChI=1S/C18H12ClF2N3O2S/c19-14-9-12(4-5-15(14)21)23-16(25)10-27-17-18(26)24(7-6-22-17)13-3-1-2-11(20)8-13/h1-9H,10H2,(H,23,25). The highest BCUT2D eigenvalue weighted by Crippen LogP contribution is 2.20. The molecule has 0 unspecified atom stereocenters. The first-order chi connectivity index (χ1) is 12.9. The Morgan fingerprint density at radius 3 is 2.78 bits per heavy atom. The summed E-state index contributed by atoms with van der Waals surface area (Å²) in [4.78, 5) is 28.5. The van der Waals surface area contributed by atoms with Crippen LogP contribution in [0.25, 0.3) is 5.69 Å². The van der Waals surface area contributed by atoms with Gasteiger partial charge in [0.15, 0.2) is 5.03 Å². The Hall–Kier alpha value is -2.71. The number of nitrogens with one attached hydrogen (secondary N) is 1. The number of nitrogens with zero attached hydrogens (tertiary/aromatic N) is 2. The van der Waals surface area contributed by atoms with E-state index in [1.54, 1.807) is 6.07 Å². The summed E-state index contributed by atoms with van der Waals surface area (Å²) in [5, 5.41) is 2.54. The van der Waals surface area contributed by atoms with Crippen molar-refractivity contribution in [2.24, 2.45) is 0 Å². The molecule has 27 heavy (non-hydrogen) atoms. The van der Waals surface area contributed by atoms with Crippen LogP contribution >= 0.6 is 23.4 Å². The summed E-state index contributed by atoms with van der Waals surface area (Å²) < 4.78 is 27.8. The fraction of sp³-hybridized carbons (Fsp3) is 0.0556. The van der Waals surface area contributed by atoms with Crippen LogP contribution in [0.1, 0.15) is 0 Å². The van der Waals surface area contributed by atoms with Gasteiger partial charge in [-0.1, -0.05) is 29.4 Å². The lowest BCUT2D eigenvalue weighted by molar-refractivity contribution is -0.113. The molecule has 0 radical (unpaired) electrons. The van der Waals surface area contributed by atoms with Gasteiger partial charge in [-0.05, 0) is 36.4 Å². The number of carbonyl (C=O) groups excluding carboxylic acids is 1. The summed E-state index contributed by atoms with van der Waals surface area (Å²) >= 11 is 6.60. The van der Waals surface area contributed by atoms with Gasteiger partial charge in [-0.25, -0.2) is 13.8 Å². The first-order valence-electron chi connectivity index (χ1n) is 7.65. The van der Waals surface area contributed by atoms with Crippen LogP contribution in [0.15, 0.2) is 64.7 Å². The van der Waals surface area contributed by atoms with Gasteiger partial charge in [-0.3, -0.25) is 14.2 Å². The fourth-order valence-electron chi connectivity index (χ4n) is 2.23. The van der Waals surface area contributed by atoms with Crippen LogP contribution in [0.4, 0.5) is 14.5 Å². The molecule has 1 N–H and O–H groups in total. The predicted molar refractivity (Wildman–Crippen MR) is 101 cm³/mol. The lowest BCUT2D eigenvalue weighted by atomic mass is 10.3. The maximum Gasteiger partial charge on any atom is 0.287 e. The van der Waals surface area contributed by atoms with Crippen molar-refractivity contribution in [3.8, 4) is 5.69 Å². The van der Waals surface area contributed by atoms with E-state index in [2.05, 4.69) is 10.3 Å². The molecule has 0 spiro atoms. The van der Waals surface area contributed by atoms with Gasteiger partial charge in [-0.15, -0.1) is 0 Å². The molecule has 0 aliphatic rings. The van der Waals surface area contributed by atoms with Gasteiger partial charge in [0.2, 0.25) is 5.91 Å². The molecule has 0 saturated carbocycles. The predicted octanol–water partition coefficient (Wildman–Crippen LogP) is 3.89. The van der Waals surface area contributed by atoms with E-state index < -0.39 is 23.1 Å². The highest BCUT2D eigenvalue weighted by molar-refractivity contribution is 7.99. The zero-order valence-electron chi connectivity index (χ0n) is 13.7. The minimum atomic E-state index is -0.588. The Kier molecular flexibility index (Phi) is 5.88. The van der Waals surface area contributed by atoms with Gasteiger partial charge in [0.1, 0.15) is 11.6 Å². The van der Waals surface area contributed by atoms with Crippen LogP contribution in [-0.2, 0) is 4.79 Å². The van der Waals surface area contributed by atoms with Crippen molar-refractivity contribution in [2.75, 3.05) is 11.1 Å². The van der Waals surface area contributed by atoms with E-state index in [0.717, 1.165) is 17.8 Å². The average molecular weight is 408 g/mol. The maximum absolute atomic E-state index is 13.4. The monoisotopic (exact) mass is 407 g/mol. The zero-order chi connectivity index (χ0) is 19.4. The summed E-state index contributed by atoms with van der Waals surface area (Å²) in [7, 11) is 0. The van der Waals surface area contributed by atoms with Crippen LogP contribution in [0.3, 0.4) is 0 Å². The molecule has 0 atom stereocenters. The molecule has 138 valence electrons. The third-order valence-electron chi connectivity index (χ3n) is 3.44. The minimum Gasteiger partial charge on any atom is -0.325 e. The van der Waals surface area contributed by atoms with Crippen molar-refractivity contribution in [3.63, 3.8) is 0 Å². The number of hydrogen-bond acceptors (Lipinski definition) is 4. The number of carbonyl (C=O) groups is 1. The fourth-order valence-corrected chi connectivity index (χ4v) is 3.10. The van der Waals surface area contributed by atoms with Gasteiger partial charge < -0.3 is 5.32 Å². The number of anilines is 1. The van der Waals surface area contributed by atoms with Gasteiger partial charge in [0.25, 0.3) is 5.56 Å². The Balaban J connectivity index is 1.71. The summed E-state index contributed by atoms with van der Waals surface area (Å²) in [6, 6.07) is 9.38. The number of benzene rings is 2. The lowest BCUT2D eigenvalue weighted by Gasteiger charge is -2.08. The zero-order valence-corrected chi connectivity index (χ0v) is 15.2. The Labute approximate surface area is 162 Å². The summed E-state index contributed by atoms with van der Waals surface area (Å²) in [5.74, 6) is -1.56. The first-order valence-corrected chi connectivity index (χ1v) is 9.02. The largest absolute Gasteiger partial charge is 0.325 e. The molecule has 2 aromatic carbocycles. The van der Waals surface area contributed by atoms with E-state index in [9.17, 15) is 18.4 Å². The molecule has 0 saturated heterocycles. The Bertz CT molecular complexity index is 1060. The van der Waals surface area contributed by atoms with Gasteiger partial charge in [0, 0.05) is 18.1 Å². The van der Waals surface area contributed by atoms with Crippen LogP contribution < -0.4 is 10.9 Å². The van der Waals surface area contributed by atoms with Crippen LogP contribution in [0.2, 0.25) is 5.02 Å². The SMILES string of the molecule is O=C(CSc1nccn(-c2cccc(F)c2)c1=O)Nc1ccc(F)c(Cl)c1. The van der Waals surface area contributed by atoms with Gasteiger partial charge in [-0.2, -0.15) is 0 Å². The van der Waals surface area contributed by atoms with E-state index in [-0.39, 0.29) is 15.8 Å². The number of halogens is 3. The number of aromatic nitrogens is 2. The summed E-state index contributed by atoms with van der Waals surface area (Å²) in [6.07, 6.45) is 2.81. The van der Waals surface area contributed by atoms with Gasteiger partial charge in [0.05, 0.1) is 16.5 Å². The van der Waals surface area contributed by atoms with Crippen LogP contribution in [0.5, 0.6) is 0 Å². The molecule has 3 rings (SSSR count). The summed E-state index contributed by atoms with van der Waals surface area (Å²) in [5.41, 5.74) is 0.227. The molecular formula is C18H12ClF2N3O2S. The number of rotatable bonds is 5. The Morgan fingerprint density at radius 2 is 2.04 bits per heavy atom. The highest BCUT2D eigenvalue weighted by atomic mass is 35.5. The van der Waals surface area contributed by atoms with Crippen molar-refractivity contribution in [3.05, 3.63) is 81.9 Å². The number of hydrogen-bond donors (Lipinski definition) is 1. The first kappa shape index (κ1) is 19.1. The second-order valence-electron chi connectivity index (χ2n) is 5.35. The molecule has 5 nitrogen and oxygen atoms in total. The van der Waals surface area contributed by atoms with E-state index in [4.69, 9.17) is 11.6 Å². The smallest absolute Gasteiger partial charge is 0.287 e. The van der Waals surface area contributed by atoms with Crippen LogP contribution in [0, 0.1) is 11.6 Å². The van der Waals surface area contributed by atoms with Gasteiger partial charge >= 0.3 is 0 Å². The second kappa shape index (κ2) is 8.32. The topological polar surface area (TPSA) is 64.0 Å². The molecule has 1 aromatic heterocycles. The third kappa shape index (κ3) is 4.72. The molecule has 0 bridgehead atoms. The van der Waals surface area contributed by atoms with E-state index >= 15 is 0 Å². The normalized spacial score (nSPS) is 10.6. The quantitative estimate of drug-likeness (QED) is 0.652. The minimum absolute atomic E-state index is 0.0917. The number of amides is 1. The molecular weight excluding hydrogens is 396 g/mol. The molecule has 9 heteroatoms. The molecule has 0 fully saturated rings. The molecule has 3 aromatic rings. The number of thioether (sulfide) groups is 1. The molecule has 1 heterocycles. The summed E-state index contributed by atoms with van der Waals surface area (Å²) in [6.45, 7) is 0. The van der Waals surface area contributed by atoms with E-state index in [1.165, 1.54) is 47.3 Å². The molecule has 1 amide bonds. The van der Waals surface area contributed by atoms with E-state index in [1.807, 2.05) is 0 Å². The maximum atomic E-state index is 13.4. The van der Waals surface area contributed by atoms with Crippen molar-refractivity contribution >= 4 is 35.0 Å². The van der Waals surface area contributed by atoms with Crippen molar-refractivity contribution in [2.45, 2.75) is 5.03 Å². The van der Waals surface area contributed by atoms with Crippen molar-refractivity contribution in [1.29, 1.82) is 0 Å². The second-order valence-corrected chi connectivity index (χ2v) is 6.72. The molecule has 0 aliphatic carbocycles. The average Bonchev–Trinajstić information content (AvgIpc) is 2.64. The van der Waals surface area contributed by atoms with Crippen molar-refractivity contribution in [1.82, 2.24) is 9.55 Å². The molecule has 0 aliphatic heterocycles. The lowest BCUT2D eigenvalue weighted by Crippen LogP contribution is -2.22. The Morgan fingerprint density at radius 1 is 1.22 bits per heavy atom. The van der Waals surface area contributed by atoms with E-state index in [0.29, 0.717) is 11.4 Å².